The molecule has 0 amide bonds. The van der Waals surface area contributed by atoms with E-state index in [1.807, 2.05) is 30.5 Å². The second-order valence-electron chi connectivity index (χ2n) is 5.09. The predicted molar refractivity (Wildman–Crippen MR) is 83.2 cm³/mol. The van der Waals surface area contributed by atoms with Crippen LogP contribution in [0, 0.1) is 0 Å². The third-order valence-electron chi connectivity index (χ3n) is 3.80. The molecule has 5 nitrogen and oxygen atoms in total. The molecule has 0 bridgehead atoms. The largest absolute Gasteiger partial charge is 0.394 e. The number of anilines is 1. The van der Waals surface area contributed by atoms with Gasteiger partial charge >= 0.3 is 0 Å². The van der Waals surface area contributed by atoms with Gasteiger partial charge in [-0.05, 0) is 11.6 Å². The Balaban J connectivity index is 1.86. The van der Waals surface area contributed by atoms with Gasteiger partial charge in [0.1, 0.15) is 17.8 Å². The number of aromatic amines is 1. The number of nitrogens with zero attached hydrogens (tertiary/aromatic N) is 2. The van der Waals surface area contributed by atoms with Crippen molar-refractivity contribution in [1.29, 1.82) is 0 Å². The van der Waals surface area contributed by atoms with Gasteiger partial charge in [0.15, 0.2) is 0 Å². The molecule has 0 spiro atoms. The molecule has 1 aromatic carbocycles. The number of rotatable bonds is 5. The maximum Gasteiger partial charge on any atom is 0.142 e. The molecule has 0 aliphatic heterocycles. The number of fused-ring (bicyclic) bond motifs is 1. The lowest BCUT2D eigenvalue weighted by Crippen LogP contribution is -2.30. The van der Waals surface area contributed by atoms with Crippen LogP contribution < -0.4 is 5.32 Å². The van der Waals surface area contributed by atoms with Gasteiger partial charge in [0.2, 0.25) is 0 Å². The molecule has 0 radical (unpaired) electrons. The molecule has 0 saturated carbocycles. The van der Waals surface area contributed by atoms with Crippen molar-refractivity contribution in [2.75, 3.05) is 11.9 Å². The van der Waals surface area contributed by atoms with Crippen molar-refractivity contribution >= 4 is 16.9 Å². The van der Waals surface area contributed by atoms with Gasteiger partial charge in [0.25, 0.3) is 0 Å². The predicted octanol–water partition coefficient (Wildman–Crippen LogP) is 2.53. The molecule has 0 saturated heterocycles. The lowest BCUT2D eigenvalue weighted by atomic mass is 9.94. The number of aliphatic hydroxyl groups is 1. The Bertz CT molecular complexity index is 710. The smallest absolute Gasteiger partial charge is 0.142 e. The molecule has 3 N–H and O–H groups in total. The number of hydrogen-bond donors (Lipinski definition) is 3. The van der Waals surface area contributed by atoms with Crippen LogP contribution in [0.1, 0.15) is 18.4 Å². The molecule has 21 heavy (non-hydrogen) atoms. The van der Waals surface area contributed by atoms with Crippen LogP contribution in [-0.2, 0) is 0 Å². The second-order valence-corrected chi connectivity index (χ2v) is 5.09. The van der Waals surface area contributed by atoms with E-state index >= 15 is 0 Å². The third-order valence-corrected chi connectivity index (χ3v) is 3.80. The maximum absolute atomic E-state index is 9.73. The van der Waals surface area contributed by atoms with E-state index in [9.17, 15) is 5.11 Å². The van der Waals surface area contributed by atoms with E-state index in [0.717, 1.165) is 16.9 Å². The van der Waals surface area contributed by atoms with Gasteiger partial charge in [-0.1, -0.05) is 37.3 Å². The highest BCUT2D eigenvalue weighted by molar-refractivity contribution is 5.86. The fourth-order valence-corrected chi connectivity index (χ4v) is 2.48. The minimum absolute atomic E-state index is 0.0337. The Hall–Kier alpha value is -2.40. The first-order valence-electron chi connectivity index (χ1n) is 7.00. The third kappa shape index (κ3) is 2.73. The van der Waals surface area contributed by atoms with Crippen molar-refractivity contribution in [3.63, 3.8) is 0 Å². The molecular formula is C16H18N4O. The van der Waals surface area contributed by atoms with Crippen molar-refractivity contribution in [1.82, 2.24) is 15.0 Å². The van der Waals surface area contributed by atoms with E-state index in [2.05, 4.69) is 39.3 Å². The molecule has 108 valence electrons. The van der Waals surface area contributed by atoms with Crippen LogP contribution in [0.3, 0.4) is 0 Å². The minimum atomic E-state index is -0.111. The Kier molecular flexibility index (Phi) is 3.83. The Morgan fingerprint density at radius 2 is 2.00 bits per heavy atom. The van der Waals surface area contributed by atoms with E-state index in [4.69, 9.17) is 0 Å². The number of H-pyrrole nitrogens is 1. The zero-order chi connectivity index (χ0) is 14.7. The molecule has 0 aliphatic rings. The average molecular weight is 282 g/mol. The summed E-state index contributed by atoms with van der Waals surface area (Å²) in [5, 5.41) is 14.0. The lowest BCUT2D eigenvalue weighted by Gasteiger charge is -2.24. The van der Waals surface area contributed by atoms with Crippen LogP contribution in [0.15, 0.2) is 48.9 Å². The molecule has 0 fully saturated rings. The summed E-state index contributed by atoms with van der Waals surface area (Å²) in [5.41, 5.74) is 1.97. The van der Waals surface area contributed by atoms with Crippen molar-refractivity contribution in [3.8, 4) is 0 Å². The van der Waals surface area contributed by atoms with E-state index in [1.165, 1.54) is 11.9 Å². The summed E-state index contributed by atoms with van der Waals surface area (Å²) in [6.45, 7) is 2.13. The topological polar surface area (TPSA) is 73.8 Å². The quantitative estimate of drug-likeness (QED) is 0.672. The van der Waals surface area contributed by atoms with Crippen molar-refractivity contribution < 1.29 is 5.11 Å². The molecule has 0 unspecified atom stereocenters. The zero-order valence-electron chi connectivity index (χ0n) is 11.8. The summed E-state index contributed by atoms with van der Waals surface area (Å²) >= 11 is 0. The van der Waals surface area contributed by atoms with Gasteiger partial charge in [-0.3, -0.25) is 0 Å². The Morgan fingerprint density at radius 3 is 2.76 bits per heavy atom. The molecule has 2 atom stereocenters. The van der Waals surface area contributed by atoms with Crippen LogP contribution in [0.25, 0.3) is 11.0 Å². The monoisotopic (exact) mass is 282 g/mol. The summed E-state index contributed by atoms with van der Waals surface area (Å²) in [7, 11) is 0. The number of hydrogen-bond acceptors (Lipinski definition) is 4. The van der Waals surface area contributed by atoms with E-state index in [0.29, 0.717) is 0 Å². The lowest BCUT2D eigenvalue weighted by molar-refractivity contribution is 0.262. The van der Waals surface area contributed by atoms with Gasteiger partial charge in [-0.15, -0.1) is 0 Å². The number of nitrogens with one attached hydrogen (secondary N) is 2. The summed E-state index contributed by atoms with van der Waals surface area (Å²) in [6.07, 6.45) is 3.35. The van der Waals surface area contributed by atoms with Crippen LogP contribution in [0.5, 0.6) is 0 Å². The maximum atomic E-state index is 9.73. The van der Waals surface area contributed by atoms with E-state index in [1.54, 1.807) is 0 Å². The van der Waals surface area contributed by atoms with Crippen LogP contribution >= 0.6 is 0 Å². The molecular weight excluding hydrogens is 264 g/mol. The molecule has 5 heteroatoms. The summed E-state index contributed by atoms with van der Waals surface area (Å²) < 4.78 is 0. The first kappa shape index (κ1) is 13.6. The van der Waals surface area contributed by atoms with Gasteiger partial charge in [0.05, 0.1) is 18.0 Å². The Morgan fingerprint density at radius 1 is 1.19 bits per heavy atom. The molecule has 3 aromatic rings. The second kappa shape index (κ2) is 5.93. The van der Waals surface area contributed by atoms with Crippen molar-refractivity contribution in [3.05, 3.63) is 54.5 Å². The summed E-state index contributed by atoms with van der Waals surface area (Å²) in [5.74, 6) is 0.906. The molecule has 2 aromatic heterocycles. The van der Waals surface area contributed by atoms with Gasteiger partial charge < -0.3 is 15.4 Å². The van der Waals surface area contributed by atoms with Crippen LogP contribution in [0.4, 0.5) is 5.82 Å². The van der Waals surface area contributed by atoms with E-state index < -0.39 is 0 Å². The molecule has 3 rings (SSSR count). The van der Waals surface area contributed by atoms with Crippen molar-refractivity contribution in [2.45, 2.75) is 18.9 Å². The first-order valence-corrected chi connectivity index (χ1v) is 7.00. The molecule has 0 aliphatic carbocycles. The standard InChI is InChI=1S/C16H18N4O/c1-11(12-5-3-2-4-6-12)14(9-21)20-16-13-7-8-17-15(13)18-10-19-16/h2-8,10-11,14,21H,9H2,1H3,(H2,17,18,19,20)/t11-,14-/m1/s1. The first-order chi connectivity index (χ1) is 10.3. The van der Waals surface area contributed by atoms with Crippen molar-refractivity contribution in [2.24, 2.45) is 0 Å². The Labute approximate surface area is 123 Å². The summed E-state index contributed by atoms with van der Waals surface area (Å²) in [4.78, 5) is 11.5. The highest BCUT2D eigenvalue weighted by Gasteiger charge is 2.19. The number of aliphatic hydroxyl groups excluding tert-OH is 1. The van der Waals surface area contributed by atoms with E-state index in [-0.39, 0.29) is 18.6 Å². The number of benzene rings is 1. The molecule has 2 heterocycles. The number of aromatic nitrogens is 3. The van der Waals surface area contributed by atoms with Gasteiger partial charge in [0, 0.05) is 12.1 Å². The van der Waals surface area contributed by atoms with Gasteiger partial charge in [-0.2, -0.15) is 0 Å². The summed E-state index contributed by atoms with van der Waals surface area (Å²) in [6, 6.07) is 12.0. The van der Waals surface area contributed by atoms with Crippen LogP contribution in [0.2, 0.25) is 0 Å². The fraction of sp³-hybridized carbons (Fsp3) is 0.250. The SMILES string of the molecule is C[C@H](c1ccccc1)[C@@H](CO)Nc1ncnc2[nH]ccc12. The fourth-order valence-electron chi connectivity index (χ4n) is 2.48. The zero-order valence-corrected chi connectivity index (χ0v) is 11.8. The highest BCUT2D eigenvalue weighted by atomic mass is 16.3. The van der Waals surface area contributed by atoms with Gasteiger partial charge in [-0.25, -0.2) is 9.97 Å². The minimum Gasteiger partial charge on any atom is -0.394 e. The average Bonchev–Trinajstić information content (AvgIpc) is 3.02. The van der Waals surface area contributed by atoms with Crippen LogP contribution in [-0.4, -0.2) is 32.7 Å². The highest BCUT2D eigenvalue weighted by Crippen LogP contribution is 2.24. The normalized spacial score (nSPS) is 14.0.